The van der Waals surface area contributed by atoms with Crippen LogP contribution in [0.4, 0.5) is 0 Å². The second kappa shape index (κ2) is 13.3. The van der Waals surface area contributed by atoms with Crippen LogP contribution in [0.15, 0.2) is 71.6 Å². The second-order valence-corrected chi connectivity index (χ2v) is 10.2. The van der Waals surface area contributed by atoms with Crippen molar-refractivity contribution in [2.75, 3.05) is 27.4 Å². The number of ether oxygens (including phenoxy) is 3. The SMILES string of the molecule is CCOc1ccc(S(=O)(=O)N[C@H](Cc2ccccc2)C(=O)NCCc2ccc(OC)c(OC)c2)cc1Cl. The van der Waals surface area contributed by atoms with Crippen molar-refractivity contribution in [3.63, 3.8) is 0 Å². The Labute approximate surface area is 222 Å². The largest absolute Gasteiger partial charge is 0.493 e. The van der Waals surface area contributed by atoms with E-state index in [9.17, 15) is 13.2 Å². The van der Waals surface area contributed by atoms with E-state index in [1.54, 1.807) is 27.2 Å². The topological polar surface area (TPSA) is 103 Å². The average Bonchev–Trinajstić information content (AvgIpc) is 2.89. The highest BCUT2D eigenvalue weighted by molar-refractivity contribution is 7.89. The lowest BCUT2D eigenvalue weighted by Gasteiger charge is -2.19. The molecule has 37 heavy (non-hydrogen) atoms. The van der Waals surface area contributed by atoms with Crippen LogP contribution in [-0.2, 0) is 27.7 Å². The monoisotopic (exact) mass is 546 g/mol. The van der Waals surface area contributed by atoms with E-state index in [-0.39, 0.29) is 16.3 Å². The maximum Gasteiger partial charge on any atom is 0.241 e. The molecule has 0 bridgehead atoms. The summed E-state index contributed by atoms with van der Waals surface area (Å²) < 4.78 is 44.8. The van der Waals surface area contributed by atoms with Gasteiger partial charge in [0.05, 0.1) is 30.7 Å². The van der Waals surface area contributed by atoms with E-state index in [1.165, 1.54) is 18.2 Å². The van der Waals surface area contributed by atoms with Crippen molar-refractivity contribution >= 4 is 27.5 Å². The summed E-state index contributed by atoms with van der Waals surface area (Å²) in [6.07, 6.45) is 0.693. The van der Waals surface area contributed by atoms with Crippen LogP contribution >= 0.6 is 11.6 Å². The van der Waals surface area contributed by atoms with Gasteiger partial charge in [-0.05, 0) is 61.2 Å². The molecule has 2 N–H and O–H groups in total. The summed E-state index contributed by atoms with van der Waals surface area (Å²) in [6.45, 7) is 2.50. The van der Waals surface area contributed by atoms with Crippen molar-refractivity contribution in [2.45, 2.75) is 30.7 Å². The molecule has 0 aliphatic carbocycles. The Morgan fingerprint density at radius 2 is 1.62 bits per heavy atom. The molecule has 0 saturated carbocycles. The minimum Gasteiger partial charge on any atom is -0.493 e. The molecule has 0 aromatic heterocycles. The summed E-state index contributed by atoms with van der Waals surface area (Å²) in [5.41, 5.74) is 1.75. The Kier molecular flexibility index (Phi) is 10.2. The van der Waals surface area contributed by atoms with Crippen LogP contribution in [0.25, 0.3) is 0 Å². The van der Waals surface area contributed by atoms with Crippen LogP contribution in [0.3, 0.4) is 0 Å². The fraction of sp³-hybridized carbons (Fsp3) is 0.296. The van der Waals surface area contributed by atoms with Gasteiger partial charge in [0.2, 0.25) is 15.9 Å². The van der Waals surface area contributed by atoms with Crippen LogP contribution < -0.4 is 24.2 Å². The number of carbonyl (C=O) groups excluding carboxylic acids is 1. The highest BCUT2D eigenvalue weighted by atomic mass is 35.5. The van der Waals surface area contributed by atoms with Crippen LogP contribution in [0.2, 0.25) is 5.02 Å². The molecule has 1 atom stereocenters. The first-order chi connectivity index (χ1) is 17.8. The van der Waals surface area contributed by atoms with E-state index in [4.69, 9.17) is 25.8 Å². The van der Waals surface area contributed by atoms with Gasteiger partial charge in [-0.25, -0.2) is 8.42 Å². The van der Waals surface area contributed by atoms with Crippen molar-refractivity contribution in [1.29, 1.82) is 0 Å². The van der Waals surface area contributed by atoms with Gasteiger partial charge < -0.3 is 19.5 Å². The van der Waals surface area contributed by atoms with Crippen LogP contribution in [0, 0.1) is 0 Å². The normalized spacial score (nSPS) is 12.0. The Morgan fingerprint density at radius 3 is 2.27 bits per heavy atom. The summed E-state index contributed by atoms with van der Waals surface area (Å²) in [5, 5.41) is 3.01. The van der Waals surface area contributed by atoms with Crippen molar-refractivity contribution in [3.8, 4) is 17.2 Å². The number of rotatable bonds is 13. The van der Waals surface area contributed by atoms with E-state index >= 15 is 0 Å². The number of sulfonamides is 1. The van der Waals surface area contributed by atoms with Crippen molar-refractivity contribution in [2.24, 2.45) is 0 Å². The molecule has 198 valence electrons. The molecule has 0 aliphatic heterocycles. The number of methoxy groups -OCH3 is 2. The summed E-state index contributed by atoms with van der Waals surface area (Å²) >= 11 is 6.20. The number of amides is 1. The lowest BCUT2D eigenvalue weighted by Crippen LogP contribution is -2.48. The molecule has 10 heteroatoms. The van der Waals surface area contributed by atoms with Gasteiger partial charge >= 0.3 is 0 Å². The molecule has 0 spiro atoms. The predicted octanol–water partition coefficient (Wildman–Crippen LogP) is 4.00. The molecule has 0 radical (unpaired) electrons. The molecule has 8 nitrogen and oxygen atoms in total. The molecular weight excluding hydrogens is 516 g/mol. The summed E-state index contributed by atoms with van der Waals surface area (Å²) in [4.78, 5) is 13.1. The van der Waals surface area contributed by atoms with E-state index in [0.717, 1.165) is 11.1 Å². The van der Waals surface area contributed by atoms with Crippen LogP contribution in [0.1, 0.15) is 18.1 Å². The maximum atomic E-state index is 13.2. The fourth-order valence-corrected chi connectivity index (χ4v) is 5.22. The second-order valence-electron chi connectivity index (χ2n) is 8.12. The number of nitrogens with one attached hydrogen (secondary N) is 2. The molecule has 0 aliphatic rings. The van der Waals surface area contributed by atoms with E-state index in [1.807, 2.05) is 42.5 Å². The molecular formula is C27H31ClN2O6S. The van der Waals surface area contributed by atoms with E-state index in [0.29, 0.717) is 36.8 Å². The quantitative estimate of drug-likeness (QED) is 0.336. The third-order valence-corrected chi connectivity index (χ3v) is 7.34. The first-order valence-corrected chi connectivity index (χ1v) is 13.6. The van der Waals surface area contributed by atoms with Crippen molar-refractivity contribution in [3.05, 3.63) is 82.9 Å². The van der Waals surface area contributed by atoms with E-state index < -0.39 is 22.0 Å². The predicted molar refractivity (Wildman–Crippen MR) is 143 cm³/mol. The summed E-state index contributed by atoms with van der Waals surface area (Å²) in [5.74, 6) is 1.15. The van der Waals surface area contributed by atoms with Crippen LogP contribution in [-0.4, -0.2) is 47.7 Å². The lowest BCUT2D eigenvalue weighted by atomic mass is 10.1. The first kappa shape index (κ1) is 28.3. The van der Waals surface area contributed by atoms with Crippen molar-refractivity contribution in [1.82, 2.24) is 10.0 Å². The molecule has 3 rings (SSSR count). The summed E-state index contributed by atoms with van der Waals surface area (Å²) in [7, 11) is -0.935. The van der Waals surface area contributed by atoms with Gasteiger partial charge in [0.25, 0.3) is 0 Å². The average molecular weight is 547 g/mol. The third kappa shape index (κ3) is 7.85. The van der Waals surface area contributed by atoms with Gasteiger partial charge in [0.15, 0.2) is 11.5 Å². The van der Waals surface area contributed by atoms with Crippen molar-refractivity contribution < 1.29 is 27.4 Å². The maximum absolute atomic E-state index is 13.2. The molecule has 0 heterocycles. The molecule has 0 unspecified atom stereocenters. The van der Waals surface area contributed by atoms with Gasteiger partial charge in [-0.3, -0.25) is 4.79 Å². The van der Waals surface area contributed by atoms with E-state index in [2.05, 4.69) is 10.0 Å². The number of carbonyl (C=O) groups is 1. The first-order valence-electron chi connectivity index (χ1n) is 11.7. The lowest BCUT2D eigenvalue weighted by molar-refractivity contribution is -0.122. The van der Waals surface area contributed by atoms with Gasteiger partial charge in [-0.15, -0.1) is 0 Å². The zero-order valence-electron chi connectivity index (χ0n) is 21.0. The van der Waals surface area contributed by atoms with Gasteiger partial charge in [0, 0.05) is 6.54 Å². The standard InChI is InChI=1S/C27H31ClN2O6S/c1-4-36-24-13-11-21(18-22(24)28)37(32,33)30-23(16-19-8-6-5-7-9-19)27(31)29-15-14-20-10-12-25(34-2)26(17-20)35-3/h5-13,17-18,23,30H,4,14-16H2,1-3H3,(H,29,31)/t23-/m1/s1. The summed E-state index contributed by atoms with van der Waals surface area (Å²) in [6, 6.07) is 17.9. The highest BCUT2D eigenvalue weighted by Gasteiger charge is 2.26. The Morgan fingerprint density at radius 1 is 0.919 bits per heavy atom. The molecule has 3 aromatic carbocycles. The minimum atomic E-state index is -4.05. The fourth-order valence-electron chi connectivity index (χ4n) is 3.70. The third-order valence-electron chi connectivity index (χ3n) is 5.57. The molecule has 1 amide bonds. The number of hydrogen-bond acceptors (Lipinski definition) is 6. The number of benzene rings is 3. The molecule has 3 aromatic rings. The number of hydrogen-bond donors (Lipinski definition) is 2. The smallest absolute Gasteiger partial charge is 0.241 e. The Bertz CT molecular complexity index is 1300. The molecule has 0 fully saturated rings. The number of halogens is 1. The van der Waals surface area contributed by atoms with Gasteiger partial charge in [-0.2, -0.15) is 4.72 Å². The Balaban J connectivity index is 1.74. The zero-order valence-corrected chi connectivity index (χ0v) is 22.6. The van der Waals surface area contributed by atoms with Crippen LogP contribution in [0.5, 0.6) is 17.2 Å². The minimum absolute atomic E-state index is 0.0582. The zero-order chi connectivity index (χ0) is 26.8. The molecule has 0 saturated heterocycles. The highest BCUT2D eigenvalue weighted by Crippen LogP contribution is 2.28. The van der Waals surface area contributed by atoms with Gasteiger partial charge in [-0.1, -0.05) is 48.0 Å². The Hall–Kier alpha value is -3.27. The van der Waals surface area contributed by atoms with Gasteiger partial charge in [0.1, 0.15) is 11.8 Å².